The zero-order chi connectivity index (χ0) is 19.7. The van der Waals surface area contributed by atoms with Crippen LogP contribution in [0.1, 0.15) is 31.9 Å². The Bertz CT molecular complexity index is 1090. The van der Waals surface area contributed by atoms with Crippen LogP contribution in [-0.4, -0.2) is 47.8 Å². The first-order valence-corrected chi connectivity index (χ1v) is 9.00. The van der Waals surface area contributed by atoms with Gasteiger partial charge < -0.3 is 9.84 Å². The van der Waals surface area contributed by atoms with Crippen molar-refractivity contribution in [3.8, 4) is 17.1 Å². The molecule has 8 nitrogen and oxygen atoms in total. The Morgan fingerprint density at radius 2 is 2.07 bits per heavy atom. The van der Waals surface area contributed by atoms with E-state index in [0.29, 0.717) is 12.2 Å². The molecule has 1 aromatic carbocycles. The number of hydrogen-bond acceptors (Lipinski definition) is 6. The summed E-state index contributed by atoms with van der Waals surface area (Å²) in [6, 6.07) is 9.74. The first kappa shape index (κ1) is 18.3. The number of benzene rings is 1. The zero-order valence-electron chi connectivity index (χ0n) is 16.0. The molecule has 0 aliphatic carbocycles. The molecule has 3 aromatic heterocycles. The van der Waals surface area contributed by atoms with E-state index in [-0.39, 0.29) is 0 Å². The normalized spacial score (nSPS) is 13.1. The number of hydrogen-bond donors (Lipinski definition) is 2. The fourth-order valence-corrected chi connectivity index (χ4v) is 3.11. The van der Waals surface area contributed by atoms with Gasteiger partial charge in [-0.1, -0.05) is 12.1 Å². The molecule has 8 heteroatoms. The van der Waals surface area contributed by atoms with E-state index in [1.807, 2.05) is 44.2 Å². The van der Waals surface area contributed by atoms with Crippen LogP contribution in [0.5, 0.6) is 0 Å². The molecule has 0 saturated carbocycles. The molecule has 0 aliphatic heterocycles. The predicted octanol–water partition coefficient (Wildman–Crippen LogP) is 3.05. The number of nitrogens with zero attached hydrogens (tertiary/aromatic N) is 5. The molecule has 0 saturated heterocycles. The summed E-state index contributed by atoms with van der Waals surface area (Å²) in [6.45, 7) is 3.89. The van der Waals surface area contributed by atoms with E-state index in [1.165, 1.54) is 6.33 Å². The lowest BCUT2D eigenvalue weighted by molar-refractivity contribution is -0.0201. The van der Waals surface area contributed by atoms with Crippen molar-refractivity contribution in [2.45, 2.75) is 32.0 Å². The highest BCUT2D eigenvalue weighted by Crippen LogP contribution is 2.28. The van der Waals surface area contributed by atoms with Gasteiger partial charge in [0.1, 0.15) is 6.33 Å². The van der Waals surface area contributed by atoms with Crippen LogP contribution in [-0.2, 0) is 4.74 Å². The van der Waals surface area contributed by atoms with Gasteiger partial charge in [0.05, 0.1) is 23.6 Å². The van der Waals surface area contributed by atoms with E-state index in [4.69, 9.17) is 4.74 Å². The van der Waals surface area contributed by atoms with Gasteiger partial charge in [0, 0.05) is 30.7 Å². The molecule has 28 heavy (non-hydrogen) atoms. The van der Waals surface area contributed by atoms with Crippen LogP contribution in [0.25, 0.3) is 28.1 Å². The smallest absolute Gasteiger partial charge is 0.162 e. The highest BCUT2D eigenvalue weighted by Gasteiger charge is 2.23. The number of aliphatic hydroxyl groups excluding tert-OH is 1. The first-order valence-electron chi connectivity index (χ1n) is 9.00. The van der Waals surface area contributed by atoms with E-state index < -0.39 is 11.7 Å². The molecule has 0 radical (unpaired) electrons. The number of nitrogens with one attached hydrogen (secondary N) is 1. The third-order valence-corrected chi connectivity index (χ3v) is 4.83. The van der Waals surface area contributed by atoms with Gasteiger partial charge in [-0.2, -0.15) is 10.2 Å². The van der Waals surface area contributed by atoms with Crippen molar-refractivity contribution >= 4 is 11.0 Å². The lowest BCUT2D eigenvalue weighted by Crippen LogP contribution is -2.25. The topological polar surface area (TPSA) is 102 Å². The largest absolute Gasteiger partial charge is 0.388 e. The Hall–Kier alpha value is -3.10. The Morgan fingerprint density at radius 3 is 2.82 bits per heavy atom. The van der Waals surface area contributed by atoms with Crippen molar-refractivity contribution in [3.05, 3.63) is 54.6 Å². The Morgan fingerprint density at radius 1 is 1.21 bits per heavy atom. The van der Waals surface area contributed by atoms with Crippen LogP contribution < -0.4 is 0 Å². The molecule has 0 unspecified atom stereocenters. The molecule has 0 aliphatic rings. The number of rotatable bonds is 6. The second-order valence-corrected chi connectivity index (χ2v) is 7.31. The molecule has 3 heterocycles. The highest BCUT2D eigenvalue weighted by atomic mass is 16.5. The van der Waals surface area contributed by atoms with Gasteiger partial charge in [-0.15, -0.1) is 0 Å². The van der Waals surface area contributed by atoms with E-state index in [2.05, 4.69) is 25.3 Å². The molecular weight excluding hydrogens is 356 g/mol. The third-order valence-electron chi connectivity index (χ3n) is 4.83. The number of aromatic nitrogens is 6. The summed E-state index contributed by atoms with van der Waals surface area (Å²) in [5.74, 6) is 0.692. The van der Waals surface area contributed by atoms with Gasteiger partial charge in [0.2, 0.25) is 0 Å². The summed E-state index contributed by atoms with van der Waals surface area (Å²) >= 11 is 0. The summed E-state index contributed by atoms with van der Waals surface area (Å²) in [7, 11) is 1.64. The van der Waals surface area contributed by atoms with Gasteiger partial charge in [0.15, 0.2) is 11.5 Å². The number of fused-ring (bicyclic) bond motifs is 1. The number of pyridine rings is 1. The fraction of sp³-hybridized carbons (Fsp3) is 0.300. The molecule has 4 rings (SSSR count). The standard InChI is InChI=1S/C20H22N6O2/c1-20(2,28-3)9-17(27)14-7-15-11-24-26(19(15)21-10-14)16-6-4-5-13(8-16)18-22-12-23-25-18/h4-8,10-12,17,27H,9H2,1-3H3,(H,22,23,25)/t17-/m1/s1. The minimum atomic E-state index is -0.662. The predicted molar refractivity (Wildman–Crippen MR) is 105 cm³/mol. The maximum Gasteiger partial charge on any atom is 0.162 e. The molecule has 4 aromatic rings. The Kier molecular flexibility index (Phi) is 4.66. The molecule has 2 N–H and O–H groups in total. The van der Waals surface area contributed by atoms with Gasteiger partial charge in [0.25, 0.3) is 0 Å². The highest BCUT2D eigenvalue weighted by molar-refractivity contribution is 5.77. The Labute approximate surface area is 162 Å². The summed E-state index contributed by atoms with van der Waals surface area (Å²) in [4.78, 5) is 8.74. The van der Waals surface area contributed by atoms with E-state index in [0.717, 1.165) is 27.8 Å². The average molecular weight is 378 g/mol. The minimum Gasteiger partial charge on any atom is -0.388 e. The van der Waals surface area contributed by atoms with Gasteiger partial charge in [-0.05, 0) is 37.6 Å². The van der Waals surface area contributed by atoms with Gasteiger partial charge in [-0.3, -0.25) is 5.10 Å². The second-order valence-electron chi connectivity index (χ2n) is 7.31. The van der Waals surface area contributed by atoms with Crippen LogP contribution in [0, 0.1) is 0 Å². The van der Waals surface area contributed by atoms with Crippen LogP contribution in [0.15, 0.2) is 49.1 Å². The summed E-state index contributed by atoms with van der Waals surface area (Å²) in [5.41, 5.74) is 2.82. The monoisotopic (exact) mass is 378 g/mol. The van der Waals surface area contributed by atoms with Crippen molar-refractivity contribution in [2.24, 2.45) is 0 Å². The number of aromatic amines is 1. The minimum absolute atomic E-state index is 0.417. The second kappa shape index (κ2) is 7.14. The maximum atomic E-state index is 10.5. The Balaban J connectivity index is 1.67. The van der Waals surface area contributed by atoms with Crippen molar-refractivity contribution in [2.75, 3.05) is 7.11 Å². The number of ether oxygens (including phenoxy) is 1. The molecule has 144 valence electrons. The first-order chi connectivity index (χ1) is 13.5. The quantitative estimate of drug-likeness (QED) is 0.535. The van der Waals surface area contributed by atoms with E-state index >= 15 is 0 Å². The zero-order valence-corrected chi connectivity index (χ0v) is 16.0. The van der Waals surface area contributed by atoms with Crippen molar-refractivity contribution in [1.29, 1.82) is 0 Å². The van der Waals surface area contributed by atoms with Crippen LogP contribution in [0.3, 0.4) is 0 Å². The van der Waals surface area contributed by atoms with Crippen LogP contribution >= 0.6 is 0 Å². The molecular formula is C20H22N6O2. The lowest BCUT2D eigenvalue weighted by atomic mass is 9.96. The summed E-state index contributed by atoms with van der Waals surface area (Å²) in [6.07, 6.45) is 4.73. The summed E-state index contributed by atoms with van der Waals surface area (Å²) < 4.78 is 7.18. The number of aliphatic hydroxyl groups is 1. The van der Waals surface area contributed by atoms with E-state index in [9.17, 15) is 5.11 Å². The number of methoxy groups -OCH3 is 1. The van der Waals surface area contributed by atoms with E-state index in [1.54, 1.807) is 24.2 Å². The van der Waals surface area contributed by atoms with Crippen molar-refractivity contribution in [1.82, 2.24) is 29.9 Å². The lowest BCUT2D eigenvalue weighted by Gasteiger charge is -2.25. The molecule has 0 fully saturated rings. The fourth-order valence-electron chi connectivity index (χ4n) is 3.11. The number of H-pyrrole nitrogens is 1. The maximum absolute atomic E-state index is 10.5. The molecule has 1 atom stereocenters. The molecule has 0 spiro atoms. The van der Waals surface area contributed by atoms with Crippen LogP contribution in [0.4, 0.5) is 0 Å². The third kappa shape index (κ3) is 3.51. The van der Waals surface area contributed by atoms with Crippen LogP contribution in [0.2, 0.25) is 0 Å². The van der Waals surface area contributed by atoms with Gasteiger partial charge in [-0.25, -0.2) is 14.6 Å². The van der Waals surface area contributed by atoms with Crippen molar-refractivity contribution in [3.63, 3.8) is 0 Å². The molecule has 0 amide bonds. The van der Waals surface area contributed by atoms with Crippen molar-refractivity contribution < 1.29 is 9.84 Å². The SMILES string of the molecule is COC(C)(C)C[C@@H](O)c1cnc2c(cnn2-c2cccc(-c3ncn[nH]3)c2)c1. The summed E-state index contributed by atoms with van der Waals surface area (Å²) in [5, 5.41) is 22.6. The molecule has 0 bridgehead atoms. The average Bonchev–Trinajstić information content (AvgIpc) is 3.37. The van der Waals surface area contributed by atoms with Gasteiger partial charge >= 0.3 is 0 Å².